The molecule has 15 heavy (non-hydrogen) atoms. The lowest BCUT2D eigenvalue weighted by atomic mass is 10.1. The Hall–Kier alpha value is -0.600. The van der Waals surface area contributed by atoms with Gasteiger partial charge in [0, 0.05) is 17.6 Å². The second kappa shape index (κ2) is 6.09. The number of nitrogens with one attached hydrogen (secondary N) is 1. The molecule has 0 unspecified atom stereocenters. The molecule has 0 amide bonds. The van der Waals surface area contributed by atoms with E-state index in [-0.39, 0.29) is 0 Å². The van der Waals surface area contributed by atoms with Crippen LogP contribution in [-0.4, -0.2) is 6.54 Å². The van der Waals surface area contributed by atoms with Gasteiger partial charge in [-0.05, 0) is 38.0 Å². The minimum absolute atomic E-state index is 0.919. The molecule has 0 aliphatic heterocycles. The SMILES string of the molecule is CC(C)=CCNCc1ccc(C)c(Br)c1. The molecule has 0 spiro atoms. The van der Waals surface area contributed by atoms with Crippen molar-refractivity contribution in [3.05, 3.63) is 45.4 Å². The largest absolute Gasteiger partial charge is 0.309 e. The molecule has 0 aliphatic carbocycles. The van der Waals surface area contributed by atoms with E-state index in [1.165, 1.54) is 21.2 Å². The van der Waals surface area contributed by atoms with Gasteiger partial charge in [0.05, 0.1) is 0 Å². The van der Waals surface area contributed by atoms with Gasteiger partial charge in [-0.1, -0.05) is 39.7 Å². The van der Waals surface area contributed by atoms with E-state index in [1.807, 2.05) is 0 Å². The Bertz CT molecular complexity index is 352. The zero-order valence-electron chi connectivity index (χ0n) is 9.60. The predicted octanol–water partition coefficient (Wildman–Crippen LogP) is 3.81. The van der Waals surface area contributed by atoms with Crippen LogP contribution in [0.3, 0.4) is 0 Å². The molecule has 82 valence electrons. The molecular weight excluding hydrogens is 250 g/mol. The maximum absolute atomic E-state index is 3.54. The van der Waals surface area contributed by atoms with Gasteiger partial charge < -0.3 is 5.32 Å². The molecule has 0 radical (unpaired) electrons. The number of allylic oxidation sites excluding steroid dienone is 1. The van der Waals surface area contributed by atoms with Crippen molar-refractivity contribution in [3.63, 3.8) is 0 Å². The summed E-state index contributed by atoms with van der Waals surface area (Å²) in [5.74, 6) is 0. The number of rotatable bonds is 4. The fraction of sp³-hybridized carbons (Fsp3) is 0.385. The highest BCUT2D eigenvalue weighted by atomic mass is 79.9. The van der Waals surface area contributed by atoms with Crippen molar-refractivity contribution in [2.75, 3.05) is 6.54 Å². The molecule has 1 N–H and O–H groups in total. The topological polar surface area (TPSA) is 12.0 Å². The molecule has 0 atom stereocenters. The van der Waals surface area contributed by atoms with Crippen LogP contribution in [0, 0.1) is 6.92 Å². The second-order valence-electron chi connectivity index (χ2n) is 4.00. The average Bonchev–Trinajstić information content (AvgIpc) is 2.18. The summed E-state index contributed by atoms with van der Waals surface area (Å²) in [6.45, 7) is 8.19. The fourth-order valence-electron chi connectivity index (χ4n) is 1.24. The van der Waals surface area contributed by atoms with E-state index in [2.05, 4.69) is 66.3 Å². The van der Waals surface area contributed by atoms with Crippen molar-refractivity contribution in [1.82, 2.24) is 5.32 Å². The Morgan fingerprint density at radius 2 is 2.13 bits per heavy atom. The first-order chi connectivity index (χ1) is 7.09. The third kappa shape index (κ3) is 4.63. The van der Waals surface area contributed by atoms with E-state index in [9.17, 15) is 0 Å². The summed E-state index contributed by atoms with van der Waals surface area (Å²) in [6.07, 6.45) is 2.20. The van der Waals surface area contributed by atoms with E-state index in [0.29, 0.717) is 0 Å². The zero-order chi connectivity index (χ0) is 11.3. The van der Waals surface area contributed by atoms with Crippen LogP contribution in [-0.2, 0) is 6.54 Å². The molecule has 0 saturated carbocycles. The lowest BCUT2D eigenvalue weighted by Crippen LogP contribution is -2.13. The Morgan fingerprint density at radius 1 is 1.40 bits per heavy atom. The van der Waals surface area contributed by atoms with Crippen molar-refractivity contribution in [3.8, 4) is 0 Å². The first kappa shape index (κ1) is 12.5. The monoisotopic (exact) mass is 267 g/mol. The van der Waals surface area contributed by atoms with Gasteiger partial charge >= 0.3 is 0 Å². The zero-order valence-corrected chi connectivity index (χ0v) is 11.2. The summed E-state index contributed by atoms with van der Waals surface area (Å²) in [4.78, 5) is 0. The first-order valence-electron chi connectivity index (χ1n) is 5.18. The number of benzene rings is 1. The highest BCUT2D eigenvalue weighted by Crippen LogP contribution is 2.17. The van der Waals surface area contributed by atoms with Crippen molar-refractivity contribution < 1.29 is 0 Å². The highest BCUT2D eigenvalue weighted by molar-refractivity contribution is 9.10. The van der Waals surface area contributed by atoms with Gasteiger partial charge in [0.2, 0.25) is 0 Å². The minimum Gasteiger partial charge on any atom is -0.309 e. The number of hydrogen-bond acceptors (Lipinski definition) is 1. The first-order valence-corrected chi connectivity index (χ1v) is 5.98. The maximum Gasteiger partial charge on any atom is 0.0208 e. The van der Waals surface area contributed by atoms with Gasteiger partial charge in [-0.15, -0.1) is 0 Å². The summed E-state index contributed by atoms with van der Waals surface area (Å²) in [6, 6.07) is 6.47. The fourth-order valence-corrected chi connectivity index (χ4v) is 1.67. The van der Waals surface area contributed by atoms with E-state index in [1.54, 1.807) is 0 Å². The molecular formula is C13H18BrN. The highest BCUT2D eigenvalue weighted by Gasteiger charge is 1.96. The van der Waals surface area contributed by atoms with Crippen LogP contribution in [0.15, 0.2) is 34.3 Å². The van der Waals surface area contributed by atoms with E-state index in [4.69, 9.17) is 0 Å². The van der Waals surface area contributed by atoms with Crippen molar-refractivity contribution >= 4 is 15.9 Å². The normalized spacial score (nSPS) is 10.1. The van der Waals surface area contributed by atoms with E-state index in [0.717, 1.165) is 13.1 Å². The van der Waals surface area contributed by atoms with Gasteiger partial charge in [-0.2, -0.15) is 0 Å². The molecule has 0 aromatic heterocycles. The number of hydrogen-bond donors (Lipinski definition) is 1. The van der Waals surface area contributed by atoms with Crippen molar-refractivity contribution in [1.29, 1.82) is 0 Å². The van der Waals surface area contributed by atoms with Crippen LogP contribution in [0.5, 0.6) is 0 Å². The summed E-state index contributed by atoms with van der Waals surface area (Å²) in [5.41, 5.74) is 3.95. The smallest absolute Gasteiger partial charge is 0.0208 e. The van der Waals surface area contributed by atoms with E-state index < -0.39 is 0 Å². The maximum atomic E-state index is 3.54. The van der Waals surface area contributed by atoms with Crippen LogP contribution >= 0.6 is 15.9 Å². The molecule has 0 heterocycles. The number of aryl methyl sites for hydroxylation is 1. The van der Waals surface area contributed by atoms with Gasteiger partial charge in [0.1, 0.15) is 0 Å². The van der Waals surface area contributed by atoms with Crippen molar-refractivity contribution in [2.24, 2.45) is 0 Å². The summed E-state index contributed by atoms with van der Waals surface area (Å²) in [7, 11) is 0. The van der Waals surface area contributed by atoms with Gasteiger partial charge in [-0.3, -0.25) is 0 Å². The Morgan fingerprint density at radius 3 is 2.73 bits per heavy atom. The third-order valence-electron chi connectivity index (χ3n) is 2.22. The Labute approximate surface area is 101 Å². The van der Waals surface area contributed by atoms with Crippen LogP contribution < -0.4 is 5.32 Å². The quantitative estimate of drug-likeness (QED) is 0.646. The van der Waals surface area contributed by atoms with Crippen molar-refractivity contribution in [2.45, 2.75) is 27.3 Å². The van der Waals surface area contributed by atoms with Gasteiger partial charge in [-0.25, -0.2) is 0 Å². The molecule has 2 heteroatoms. The molecule has 1 aromatic rings. The number of halogens is 1. The van der Waals surface area contributed by atoms with Gasteiger partial charge in [0.25, 0.3) is 0 Å². The molecule has 0 aliphatic rings. The lowest BCUT2D eigenvalue weighted by molar-refractivity contribution is 0.756. The standard InChI is InChI=1S/C13H18BrN/c1-10(2)6-7-15-9-12-5-4-11(3)13(14)8-12/h4-6,8,15H,7,9H2,1-3H3. The average molecular weight is 268 g/mol. The summed E-state index contributed by atoms with van der Waals surface area (Å²) < 4.78 is 1.18. The predicted molar refractivity (Wildman–Crippen MR) is 70.0 cm³/mol. The molecule has 1 nitrogen and oxygen atoms in total. The van der Waals surface area contributed by atoms with Crippen LogP contribution in [0.25, 0.3) is 0 Å². The summed E-state index contributed by atoms with van der Waals surface area (Å²) >= 11 is 3.54. The third-order valence-corrected chi connectivity index (χ3v) is 3.07. The molecule has 1 aromatic carbocycles. The van der Waals surface area contributed by atoms with Crippen LogP contribution in [0.1, 0.15) is 25.0 Å². The van der Waals surface area contributed by atoms with Gasteiger partial charge in [0.15, 0.2) is 0 Å². The molecule has 1 rings (SSSR count). The summed E-state index contributed by atoms with van der Waals surface area (Å²) in [5, 5.41) is 3.38. The Kier molecular flexibility index (Phi) is 5.06. The molecule has 0 saturated heterocycles. The molecule has 0 fully saturated rings. The minimum atomic E-state index is 0.919. The van der Waals surface area contributed by atoms with Crippen LogP contribution in [0.4, 0.5) is 0 Å². The van der Waals surface area contributed by atoms with Crippen LogP contribution in [0.2, 0.25) is 0 Å². The molecule has 0 bridgehead atoms. The van der Waals surface area contributed by atoms with E-state index >= 15 is 0 Å². The second-order valence-corrected chi connectivity index (χ2v) is 4.85. The Balaban J connectivity index is 2.44. The lowest BCUT2D eigenvalue weighted by Gasteiger charge is -2.05.